The van der Waals surface area contributed by atoms with Crippen LogP contribution in [0.5, 0.6) is 0 Å². The third-order valence-corrected chi connectivity index (χ3v) is 6.96. The van der Waals surface area contributed by atoms with Crippen molar-refractivity contribution in [1.82, 2.24) is 10.6 Å². The van der Waals surface area contributed by atoms with Crippen molar-refractivity contribution in [3.05, 3.63) is 25.3 Å². The second-order valence-corrected chi connectivity index (χ2v) is 10.4. The van der Waals surface area contributed by atoms with E-state index in [0.717, 1.165) is 51.4 Å². The molecule has 0 aromatic heterocycles. The number of carbonyl (C=O) groups excluding carboxylic acids is 3. The summed E-state index contributed by atoms with van der Waals surface area (Å²) < 4.78 is 4.66. The van der Waals surface area contributed by atoms with Gasteiger partial charge in [-0.2, -0.15) is 0 Å². The van der Waals surface area contributed by atoms with Gasteiger partial charge in [0.2, 0.25) is 11.8 Å². The van der Waals surface area contributed by atoms with Gasteiger partial charge in [0.05, 0.1) is 7.11 Å². The molecule has 37 heavy (non-hydrogen) atoms. The Hall–Kier alpha value is -2.11. The van der Waals surface area contributed by atoms with Crippen LogP contribution < -0.4 is 10.6 Å². The monoisotopic (exact) mass is 520 g/mol. The second-order valence-electron chi connectivity index (χ2n) is 10.4. The fraction of sp³-hybridized carbons (Fsp3) is 0.774. The van der Waals surface area contributed by atoms with Gasteiger partial charge in [0.15, 0.2) is 0 Å². The molecule has 0 aromatic carbocycles. The minimum absolute atomic E-state index is 0.0535. The lowest BCUT2D eigenvalue weighted by molar-refractivity contribution is -0.144. The summed E-state index contributed by atoms with van der Waals surface area (Å²) in [5.41, 5.74) is 0. The van der Waals surface area contributed by atoms with Gasteiger partial charge in [0.25, 0.3) is 0 Å². The Labute approximate surface area is 227 Å². The number of esters is 1. The Morgan fingerprint density at radius 2 is 1.00 bits per heavy atom. The summed E-state index contributed by atoms with van der Waals surface area (Å²) in [4.78, 5) is 37.1. The highest BCUT2D eigenvalue weighted by Crippen LogP contribution is 2.20. The minimum Gasteiger partial charge on any atom is -0.467 e. The van der Waals surface area contributed by atoms with Crippen molar-refractivity contribution in [2.75, 3.05) is 7.11 Å². The van der Waals surface area contributed by atoms with Crippen molar-refractivity contribution >= 4 is 17.8 Å². The molecule has 0 aliphatic rings. The lowest BCUT2D eigenvalue weighted by Gasteiger charge is -2.21. The summed E-state index contributed by atoms with van der Waals surface area (Å²) in [6.07, 6.45) is 24.7. The number of amides is 2. The highest BCUT2D eigenvalue weighted by atomic mass is 16.5. The van der Waals surface area contributed by atoms with E-state index in [-0.39, 0.29) is 17.7 Å². The van der Waals surface area contributed by atoms with E-state index in [4.69, 9.17) is 0 Å². The van der Waals surface area contributed by atoms with Gasteiger partial charge in [-0.15, -0.1) is 13.2 Å². The lowest BCUT2D eigenvalue weighted by Crippen LogP contribution is -2.50. The van der Waals surface area contributed by atoms with Crippen LogP contribution in [-0.4, -0.2) is 37.0 Å². The molecule has 0 rings (SSSR count). The van der Waals surface area contributed by atoms with E-state index in [0.29, 0.717) is 0 Å². The van der Waals surface area contributed by atoms with Gasteiger partial charge in [-0.05, 0) is 52.4 Å². The third-order valence-electron chi connectivity index (χ3n) is 6.96. The molecule has 0 fully saturated rings. The van der Waals surface area contributed by atoms with Crippen LogP contribution in [0.3, 0.4) is 0 Å². The highest BCUT2D eigenvalue weighted by molar-refractivity contribution is 5.90. The first-order valence-corrected chi connectivity index (χ1v) is 14.8. The fourth-order valence-corrected chi connectivity index (χ4v) is 4.50. The van der Waals surface area contributed by atoms with Crippen LogP contribution >= 0.6 is 0 Å². The van der Waals surface area contributed by atoms with Gasteiger partial charge in [0.1, 0.15) is 12.1 Å². The number of allylic oxidation sites excluding steroid dienone is 2. The van der Waals surface area contributed by atoms with Crippen LogP contribution in [-0.2, 0) is 19.1 Å². The molecule has 0 bridgehead atoms. The van der Waals surface area contributed by atoms with Crippen molar-refractivity contribution in [3.8, 4) is 0 Å². The molecule has 0 aliphatic heterocycles. The van der Waals surface area contributed by atoms with Gasteiger partial charge in [-0.25, -0.2) is 4.79 Å². The summed E-state index contributed by atoms with van der Waals surface area (Å²) in [5, 5.41) is 5.49. The second kappa shape index (κ2) is 24.2. The van der Waals surface area contributed by atoms with E-state index < -0.39 is 18.1 Å². The van der Waals surface area contributed by atoms with Crippen molar-refractivity contribution in [3.63, 3.8) is 0 Å². The Morgan fingerprint density at radius 3 is 1.41 bits per heavy atom. The average Bonchev–Trinajstić information content (AvgIpc) is 2.89. The van der Waals surface area contributed by atoms with Crippen molar-refractivity contribution in [2.45, 2.75) is 142 Å². The van der Waals surface area contributed by atoms with Crippen molar-refractivity contribution < 1.29 is 19.1 Å². The maximum Gasteiger partial charge on any atom is 0.328 e. The van der Waals surface area contributed by atoms with E-state index in [2.05, 4.69) is 28.5 Å². The van der Waals surface area contributed by atoms with E-state index in [1.165, 1.54) is 71.3 Å². The maximum absolute atomic E-state index is 13.1. The predicted molar refractivity (Wildman–Crippen MR) is 154 cm³/mol. The number of carbonyl (C=O) groups is 3. The minimum atomic E-state index is -0.749. The number of hydrogen-bond acceptors (Lipinski definition) is 4. The van der Waals surface area contributed by atoms with E-state index in [1.54, 1.807) is 13.8 Å². The van der Waals surface area contributed by atoms with Gasteiger partial charge >= 0.3 is 5.97 Å². The first kappa shape index (κ1) is 34.9. The van der Waals surface area contributed by atoms with Crippen molar-refractivity contribution in [1.29, 1.82) is 0 Å². The topological polar surface area (TPSA) is 84.5 Å². The predicted octanol–water partition coefficient (Wildman–Crippen LogP) is 7.18. The first-order chi connectivity index (χ1) is 17.9. The number of hydrogen-bond donors (Lipinski definition) is 2. The molecule has 0 heterocycles. The van der Waals surface area contributed by atoms with Gasteiger partial charge in [0, 0.05) is 5.92 Å². The molecule has 0 aliphatic carbocycles. The summed E-state index contributed by atoms with van der Waals surface area (Å²) in [7, 11) is 1.28. The van der Waals surface area contributed by atoms with Gasteiger partial charge < -0.3 is 15.4 Å². The summed E-state index contributed by atoms with van der Waals surface area (Å²) in [6, 6.07) is -1.45. The first-order valence-electron chi connectivity index (χ1n) is 14.8. The van der Waals surface area contributed by atoms with E-state index in [1.807, 2.05) is 12.2 Å². The molecular formula is C31H56N2O4. The van der Waals surface area contributed by atoms with Crippen LogP contribution in [0.15, 0.2) is 25.3 Å². The number of nitrogens with one attached hydrogen (secondary N) is 2. The number of unbranched alkanes of at least 4 members (excludes halogenated alkanes) is 14. The SMILES string of the molecule is C=CCCCCCCCCCC(CCCCCCCCCC=C)C(=O)N[C@@H](C)C(=O)N[C@@H](C)C(=O)OC. The van der Waals surface area contributed by atoms with Gasteiger partial charge in [-0.3, -0.25) is 9.59 Å². The number of methoxy groups -OCH3 is 1. The molecule has 0 aromatic rings. The largest absolute Gasteiger partial charge is 0.467 e. The molecule has 2 amide bonds. The molecule has 6 nitrogen and oxygen atoms in total. The average molecular weight is 521 g/mol. The molecule has 0 saturated carbocycles. The third kappa shape index (κ3) is 19.6. The highest BCUT2D eigenvalue weighted by Gasteiger charge is 2.24. The van der Waals surface area contributed by atoms with Crippen LogP contribution in [0.1, 0.15) is 129 Å². The molecule has 0 spiro atoms. The molecule has 6 heteroatoms. The molecule has 214 valence electrons. The zero-order valence-corrected chi connectivity index (χ0v) is 24.2. The van der Waals surface area contributed by atoms with Crippen LogP contribution in [0.4, 0.5) is 0 Å². The van der Waals surface area contributed by atoms with Crippen LogP contribution in [0.25, 0.3) is 0 Å². The quantitative estimate of drug-likeness (QED) is 0.0758. The Morgan fingerprint density at radius 1 is 0.622 bits per heavy atom. The molecule has 2 N–H and O–H groups in total. The zero-order valence-electron chi connectivity index (χ0n) is 24.2. The van der Waals surface area contributed by atoms with Crippen molar-refractivity contribution in [2.24, 2.45) is 5.92 Å². The Balaban J connectivity index is 4.53. The molecule has 2 atom stereocenters. The fourth-order valence-electron chi connectivity index (χ4n) is 4.50. The molecule has 0 radical (unpaired) electrons. The van der Waals surface area contributed by atoms with Crippen LogP contribution in [0, 0.1) is 5.92 Å². The molecule has 0 unspecified atom stereocenters. The summed E-state index contributed by atoms with van der Waals surface area (Å²) >= 11 is 0. The Bertz CT molecular complexity index is 609. The smallest absolute Gasteiger partial charge is 0.328 e. The zero-order chi connectivity index (χ0) is 27.7. The number of rotatable bonds is 25. The molecule has 0 saturated heterocycles. The Kier molecular flexibility index (Phi) is 22.9. The normalized spacial score (nSPS) is 12.5. The van der Waals surface area contributed by atoms with Crippen LogP contribution in [0.2, 0.25) is 0 Å². The van der Waals surface area contributed by atoms with E-state index in [9.17, 15) is 14.4 Å². The summed E-state index contributed by atoms with van der Waals surface area (Å²) in [5.74, 6) is -1.01. The summed E-state index contributed by atoms with van der Waals surface area (Å²) in [6.45, 7) is 10.8. The standard InChI is InChI=1S/C31H56N2O4/c1-6-8-10-12-14-16-18-20-22-24-28(25-23-21-19-17-15-13-11-9-7-2)30(35)32-26(3)29(34)33-27(4)31(36)37-5/h6-7,26-28H,1-2,8-25H2,3-5H3,(H,32,35)(H,33,34)/t26-,27-/m0/s1. The number of ether oxygens (including phenoxy) is 1. The van der Waals surface area contributed by atoms with Gasteiger partial charge in [-0.1, -0.05) is 89.2 Å². The lowest BCUT2D eigenvalue weighted by atomic mass is 9.93. The maximum atomic E-state index is 13.1. The van der Waals surface area contributed by atoms with E-state index >= 15 is 0 Å². The molecular weight excluding hydrogens is 464 g/mol.